The van der Waals surface area contributed by atoms with E-state index < -0.39 is 0 Å². The number of benzene rings is 4. The molecule has 58 heavy (non-hydrogen) atoms. The molecule has 2 aliphatic heterocycles. The molecular weight excluding hydrogens is 847 g/mol. The van der Waals surface area contributed by atoms with Crippen LogP contribution in [0, 0.1) is 25.7 Å². The molecule has 2 radical (unpaired) electrons. The molecule has 312 valence electrons. The maximum atomic E-state index is 5.52. The average molecular weight is 913 g/mol. The quantitative estimate of drug-likeness (QED) is 0.112. The van der Waals surface area contributed by atoms with Crippen molar-refractivity contribution in [2.45, 2.75) is 91.9 Å². The van der Waals surface area contributed by atoms with Gasteiger partial charge in [0, 0.05) is 10.8 Å². The summed E-state index contributed by atoms with van der Waals surface area (Å²) in [5.41, 5.74) is 12.1. The molecule has 2 saturated heterocycles. The predicted octanol–water partition coefficient (Wildman–Crippen LogP) is 14.3. The second-order valence-corrected chi connectivity index (χ2v) is 18.0. The third kappa shape index (κ3) is 11.1. The van der Waals surface area contributed by atoms with E-state index in [1.54, 1.807) is 0 Å². The minimum absolute atomic E-state index is 0. The fourth-order valence-corrected chi connectivity index (χ4v) is 8.52. The monoisotopic (exact) mass is 910 g/mol. The van der Waals surface area contributed by atoms with Gasteiger partial charge in [0.2, 0.25) is 0 Å². The van der Waals surface area contributed by atoms with Gasteiger partial charge in [-0.05, 0) is 58.8 Å². The Hall–Kier alpha value is -2.30. The second-order valence-electron chi connectivity index (χ2n) is 18.0. The molecule has 0 unspecified atom stereocenters. The first-order valence-corrected chi connectivity index (χ1v) is 24.0. The van der Waals surface area contributed by atoms with E-state index in [-0.39, 0.29) is 50.5 Å². The van der Waals surface area contributed by atoms with Crippen LogP contribution in [0.25, 0.3) is 43.8 Å². The third-order valence-electron chi connectivity index (χ3n) is 12.0. The molecule has 8 rings (SSSR count). The zero-order valence-electron chi connectivity index (χ0n) is 36.7. The van der Waals surface area contributed by atoms with Gasteiger partial charge in [0.15, 0.2) is 0 Å². The summed E-state index contributed by atoms with van der Waals surface area (Å²) in [6, 6.07) is 40.8. The molecule has 0 saturated carbocycles. The Kier molecular flexibility index (Phi) is 19.2. The van der Waals surface area contributed by atoms with Gasteiger partial charge in [-0.2, -0.15) is 12.1 Å². The van der Waals surface area contributed by atoms with Crippen LogP contribution in [0.3, 0.4) is 0 Å². The van der Waals surface area contributed by atoms with Crippen LogP contribution >= 0.6 is 24.8 Å². The summed E-state index contributed by atoms with van der Waals surface area (Å²) in [6.45, 7) is 25.0. The third-order valence-corrected chi connectivity index (χ3v) is 12.0. The van der Waals surface area contributed by atoms with E-state index in [9.17, 15) is 0 Å². The van der Waals surface area contributed by atoms with Crippen LogP contribution in [0.2, 0.25) is 0 Å². The molecule has 6 aromatic rings. The predicted molar refractivity (Wildman–Crippen MR) is 255 cm³/mol. The van der Waals surface area contributed by atoms with Crippen LogP contribution < -0.4 is 0 Å². The molecule has 0 N–H and O–H groups in total. The summed E-state index contributed by atoms with van der Waals surface area (Å²) in [6.07, 6.45) is 4.62. The maximum absolute atomic E-state index is 5.52. The van der Waals surface area contributed by atoms with Gasteiger partial charge in [-0.1, -0.05) is 127 Å². The van der Waals surface area contributed by atoms with E-state index in [0.717, 1.165) is 39.3 Å². The topological polar surface area (TPSA) is 18.5 Å². The fraction of sp³-hybridized carbons (Fsp3) is 0.385. The Bertz CT molecular complexity index is 2030. The summed E-state index contributed by atoms with van der Waals surface area (Å²) >= 11 is 1.36. The first kappa shape index (κ1) is 51.8. The second kappa shape index (κ2) is 21.5. The molecule has 2 fully saturated rings. The number of ether oxygens (including phenoxy) is 2. The summed E-state index contributed by atoms with van der Waals surface area (Å²) in [5.74, 6) is 0. The van der Waals surface area contributed by atoms with Crippen molar-refractivity contribution >= 4 is 53.2 Å². The first-order valence-electron chi connectivity index (χ1n) is 19.8. The van der Waals surface area contributed by atoms with E-state index in [1.165, 1.54) is 102 Å². The van der Waals surface area contributed by atoms with Crippen molar-refractivity contribution in [3.63, 3.8) is 0 Å². The van der Waals surface area contributed by atoms with E-state index >= 15 is 0 Å². The van der Waals surface area contributed by atoms with Crippen molar-refractivity contribution < 1.29 is 32.8 Å². The van der Waals surface area contributed by atoms with Gasteiger partial charge in [-0.15, -0.1) is 93.9 Å². The molecule has 2 aliphatic rings. The molecule has 0 aromatic heterocycles. The van der Waals surface area contributed by atoms with Crippen LogP contribution in [0.5, 0.6) is 0 Å². The number of hydrogen-bond acceptors (Lipinski definition) is 2. The van der Waals surface area contributed by atoms with Gasteiger partial charge in [0.1, 0.15) is 0 Å². The van der Waals surface area contributed by atoms with Gasteiger partial charge in [-0.3, -0.25) is 0 Å². The van der Waals surface area contributed by atoms with Crippen LogP contribution in [0.15, 0.2) is 109 Å². The van der Waals surface area contributed by atoms with Crippen molar-refractivity contribution in [1.82, 2.24) is 0 Å². The molecule has 2 heterocycles. The normalized spacial score (nSPS) is 14.9. The van der Waals surface area contributed by atoms with Gasteiger partial charge >= 0.3 is 30.2 Å². The van der Waals surface area contributed by atoms with Crippen molar-refractivity contribution in [1.29, 1.82) is 0 Å². The van der Waals surface area contributed by atoms with Gasteiger partial charge < -0.3 is 24.3 Å². The van der Waals surface area contributed by atoms with Crippen LogP contribution in [-0.2, 0) is 56.5 Å². The Balaban J connectivity index is 0.000000360. The summed E-state index contributed by atoms with van der Waals surface area (Å²) in [5, 5.41) is 5.47. The molecule has 0 bridgehead atoms. The first-order chi connectivity index (χ1) is 25.8. The minimum atomic E-state index is 0. The van der Waals surface area contributed by atoms with Crippen LogP contribution in [0.4, 0.5) is 0 Å². The number of hydrogen-bond donors (Lipinski definition) is 0. The van der Waals surface area contributed by atoms with Gasteiger partial charge in [0.05, 0.1) is 26.4 Å². The number of halogens is 2. The Morgan fingerprint density at radius 3 is 1.16 bits per heavy atom. The Morgan fingerprint density at radius 1 is 0.534 bits per heavy atom. The molecule has 0 aliphatic carbocycles. The van der Waals surface area contributed by atoms with Crippen LogP contribution in [0.1, 0.15) is 90.5 Å². The Morgan fingerprint density at radius 2 is 0.862 bits per heavy atom. The number of fused-ring (bicyclic) bond motifs is 2. The Labute approximate surface area is 381 Å². The average Bonchev–Trinajstić information content (AvgIpc) is 3.75. The van der Waals surface area contributed by atoms with Gasteiger partial charge in [0.25, 0.3) is 0 Å². The van der Waals surface area contributed by atoms with E-state index in [0.29, 0.717) is 10.8 Å². The van der Waals surface area contributed by atoms with E-state index in [1.807, 2.05) is 0 Å². The SMILES string of the molecule is CCC1(Cc2cc3c(-c4ccccc4C(C)(C)C)cccc3[cH-]2)COC1.CCC1(Cc2cc3c(-c4ccccc4C(C)(C)C)cccc3[cH-]2)COC1.Cl.Cl.[CH3-].[CH3-].[Si]=[Zr]. The molecule has 0 atom stereocenters. The standard InChI is InChI=1S/2C25H29O.2CH3.2ClH.Si.Zr/c2*1-5-25(16-26-17-25)15-18-13-19-9-8-11-20(22(19)14-18)21-10-6-7-12-23(21)24(2,3)4;;;;;;/h2*6-14H,5,15-17H2,1-4H3;2*1H3;2*1H;;/q4*-1;;;;. The molecule has 2 nitrogen and oxygen atoms in total. The summed E-state index contributed by atoms with van der Waals surface area (Å²) in [7, 11) is 0. The molecule has 6 aromatic carbocycles. The molecule has 6 heteroatoms. The van der Waals surface area contributed by atoms with Crippen molar-refractivity contribution in [3.05, 3.63) is 146 Å². The zero-order valence-corrected chi connectivity index (χ0v) is 41.8. The molecular formula is C52H66Cl2O2SiZr-4. The summed E-state index contributed by atoms with van der Waals surface area (Å²) in [4.78, 5) is 0. The van der Waals surface area contributed by atoms with Gasteiger partial charge in [-0.25, -0.2) is 0 Å². The van der Waals surface area contributed by atoms with Crippen molar-refractivity contribution in [3.8, 4) is 22.3 Å². The van der Waals surface area contributed by atoms with E-state index in [2.05, 4.69) is 171 Å². The van der Waals surface area contributed by atoms with E-state index in [4.69, 9.17) is 9.47 Å². The van der Waals surface area contributed by atoms with Crippen LogP contribution in [-0.4, -0.2) is 33.3 Å². The fourth-order valence-electron chi connectivity index (χ4n) is 8.52. The molecule has 0 spiro atoms. The van der Waals surface area contributed by atoms with Crippen molar-refractivity contribution in [2.75, 3.05) is 26.4 Å². The van der Waals surface area contributed by atoms with Crippen molar-refractivity contribution in [2.24, 2.45) is 10.8 Å². The zero-order chi connectivity index (χ0) is 38.7. The molecule has 0 amide bonds. The summed E-state index contributed by atoms with van der Waals surface area (Å²) < 4.78 is 11.0. The number of rotatable bonds is 8.